The predicted octanol–water partition coefficient (Wildman–Crippen LogP) is 5.35. The average Bonchev–Trinajstić information content (AvgIpc) is 3.02. The Morgan fingerprint density at radius 3 is 2.83 bits per heavy atom. The number of thiazole rings is 1. The van der Waals surface area contributed by atoms with Crippen molar-refractivity contribution in [3.8, 4) is 11.3 Å². The third-order valence-corrected chi connectivity index (χ3v) is 4.36. The topological polar surface area (TPSA) is 50.2 Å². The van der Waals surface area contributed by atoms with Gasteiger partial charge in [0.1, 0.15) is 0 Å². The monoisotopic (exact) mass is 362 g/mol. The summed E-state index contributed by atoms with van der Waals surface area (Å²) in [5, 5.41) is 8.08. The molecule has 116 valence electrons. The highest BCUT2D eigenvalue weighted by atomic mass is 35.5. The largest absolute Gasteiger partial charge is 0.255 e. The van der Waals surface area contributed by atoms with Crippen LogP contribution in [0.2, 0.25) is 10.0 Å². The van der Waals surface area contributed by atoms with Gasteiger partial charge in [0.05, 0.1) is 22.1 Å². The number of hydrogen-bond donors (Lipinski definition) is 1. The van der Waals surface area contributed by atoms with Crippen molar-refractivity contribution < 1.29 is 0 Å². The lowest BCUT2D eigenvalue weighted by Crippen LogP contribution is -2.01. The molecule has 2 aromatic heterocycles. The van der Waals surface area contributed by atoms with Crippen molar-refractivity contribution in [3.63, 3.8) is 0 Å². The Morgan fingerprint density at radius 2 is 2.09 bits per heavy atom. The van der Waals surface area contributed by atoms with Gasteiger partial charge in [-0.1, -0.05) is 29.3 Å². The van der Waals surface area contributed by atoms with Gasteiger partial charge in [0.15, 0.2) is 0 Å². The lowest BCUT2D eigenvalue weighted by atomic mass is 10.2. The van der Waals surface area contributed by atoms with Crippen molar-refractivity contribution in [2.24, 2.45) is 5.10 Å². The van der Waals surface area contributed by atoms with Gasteiger partial charge >= 0.3 is 0 Å². The van der Waals surface area contributed by atoms with Gasteiger partial charge in [-0.15, -0.1) is 11.3 Å². The van der Waals surface area contributed by atoms with Crippen LogP contribution in [0.5, 0.6) is 0 Å². The first kappa shape index (κ1) is 15.9. The van der Waals surface area contributed by atoms with Crippen LogP contribution < -0.4 is 5.43 Å². The Morgan fingerprint density at radius 1 is 1.22 bits per heavy atom. The second-order valence-corrected chi connectivity index (χ2v) is 6.39. The minimum atomic E-state index is 0.572. The molecule has 0 spiro atoms. The molecule has 0 saturated carbocycles. The van der Waals surface area contributed by atoms with Crippen LogP contribution in [0.25, 0.3) is 11.3 Å². The molecule has 3 rings (SSSR count). The molecule has 0 aliphatic heterocycles. The summed E-state index contributed by atoms with van der Waals surface area (Å²) < 4.78 is 0. The highest BCUT2D eigenvalue weighted by Gasteiger charge is 2.09. The molecule has 23 heavy (non-hydrogen) atoms. The number of anilines is 1. The zero-order chi connectivity index (χ0) is 16.2. The number of nitrogens with zero attached hydrogens (tertiary/aromatic N) is 3. The maximum absolute atomic E-state index is 6.20. The zero-order valence-electron chi connectivity index (χ0n) is 12.1. The van der Waals surface area contributed by atoms with Crippen LogP contribution in [-0.2, 0) is 0 Å². The molecule has 0 atom stereocenters. The summed E-state index contributed by atoms with van der Waals surface area (Å²) in [6.07, 6.45) is 1.73. The highest BCUT2D eigenvalue weighted by molar-refractivity contribution is 7.14. The first-order valence-corrected chi connectivity index (χ1v) is 8.39. The molecular formula is C16H12Cl2N4S. The number of hydrazone groups is 1. The first-order valence-electron chi connectivity index (χ1n) is 6.76. The van der Waals surface area contributed by atoms with E-state index in [4.69, 9.17) is 23.2 Å². The van der Waals surface area contributed by atoms with Gasteiger partial charge in [-0.25, -0.2) is 4.98 Å². The molecule has 1 N–H and O–H groups in total. The molecule has 0 aliphatic rings. The molecule has 0 fully saturated rings. The van der Waals surface area contributed by atoms with Gasteiger partial charge < -0.3 is 0 Å². The Bertz CT molecular complexity index is 846. The van der Waals surface area contributed by atoms with Gasteiger partial charge in [-0.3, -0.25) is 10.4 Å². The Balaban J connectivity index is 1.77. The Labute approximate surface area is 147 Å². The maximum Gasteiger partial charge on any atom is 0.203 e. The van der Waals surface area contributed by atoms with E-state index in [1.807, 2.05) is 36.6 Å². The zero-order valence-corrected chi connectivity index (χ0v) is 14.5. The fraction of sp³-hybridized carbons (Fsp3) is 0.0625. The summed E-state index contributed by atoms with van der Waals surface area (Å²) in [6.45, 7) is 1.89. The molecule has 0 unspecified atom stereocenters. The molecule has 2 heterocycles. The van der Waals surface area contributed by atoms with E-state index in [9.17, 15) is 0 Å². The van der Waals surface area contributed by atoms with Crippen molar-refractivity contribution in [2.75, 3.05) is 5.43 Å². The van der Waals surface area contributed by atoms with Crippen molar-refractivity contribution in [2.45, 2.75) is 6.92 Å². The number of nitrogens with one attached hydrogen (secondary N) is 1. The summed E-state index contributed by atoms with van der Waals surface area (Å²) >= 11 is 13.6. The van der Waals surface area contributed by atoms with Crippen LogP contribution >= 0.6 is 34.5 Å². The van der Waals surface area contributed by atoms with E-state index in [0.29, 0.717) is 15.2 Å². The van der Waals surface area contributed by atoms with Crippen LogP contribution in [0.15, 0.2) is 53.1 Å². The number of rotatable bonds is 4. The molecule has 0 aliphatic carbocycles. The van der Waals surface area contributed by atoms with E-state index in [0.717, 1.165) is 22.7 Å². The lowest BCUT2D eigenvalue weighted by molar-refractivity contribution is 1.23. The van der Waals surface area contributed by atoms with Crippen molar-refractivity contribution in [3.05, 3.63) is 63.7 Å². The van der Waals surface area contributed by atoms with E-state index in [-0.39, 0.29) is 0 Å². The van der Waals surface area contributed by atoms with Gasteiger partial charge in [0, 0.05) is 22.2 Å². The summed E-state index contributed by atoms with van der Waals surface area (Å²) in [7, 11) is 0. The molecule has 1 aromatic carbocycles. The number of pyridine rings is 1. The number of benzene rings is 1. The molecule has 0 bridgehead atoms. The smallest absolute Gasteiger partial charge is 0.203 e. The van der Waals surface area contributed by atoms with Crippen LogP contribution in [0.3, 0.4) is 0 Å². The van der Waals surface area contributed by atoms with E-state index >= 15 is 0 Å². The van der Waals surface area contributed by atoms with E-state index in [1.54, 1.807) is 18.3 Å². The quantitative estimate of drug-likeness (QED) is 0.502. The minimum Gasteiger partial charge on any atom is -0.255 e. The van der Waals surface area contributed by atoms with Crippen LogP contribution in [0.1, 0.15) is 12.6 Å². The van der Waals surface area contributed by atoms with E-state index in [2.05, 4.69) is 20.5 Å². The normalized spacial score (nSPS) is 11.5. The summed E-state index contributed by atoms with van der Waals surface area (Å²) in [6, 6.07) is 11.0. The first-order chi connectivity index (χ1) is 11.1. The summed E-state index contributed by atoms with van der Waals surface area (Å²) in [5.41, 5.74) is 6.17. The molecule has 7 heteroatoms. The second kappa shape index (κ2) is 7.08. The molecule has 0 amide bonds. The third kappa shape index (κ3) is 3.88. The minimum absolute atomic E-state index is 0.572. The second-order valence-electron chi connectivity index (χ2n) is 4.69. The molecular weight excluding hydrogens is 351 g/mol. The summed E-state index contributed by atoms with van der Waals surface area (Å²) in [5.74, 6) is 0. The van der Waals surface area contributed by atoms with Crippen LogP contribution in [0, 0.1) is 0 Å². The standard InChI is InChI=1S/C16H12Cl2N4S/c1-10(14-4-2-3-7-19-14)21-22-16-20-15(9-23-16)12-6-5-11(17)8-13(12)18/h2-9H,1H3,(H,20,22)/b21-10+. The lowest BCUT2D eigenvalue weighted by Gasteiger charge is -2.01. The SMILES string of the molecule is C/C(=N\Nc1nc(-c2ccc(Cl)cc2Cl)cs1)c1ccccn1. The fourth-order valence-corrected chi connectivity index (χ4v) is 3.07. The van der Waals surface area contributed by atoms with Crippen molar-refractivity contribution >= 4 is 45.4 Å². The van der Waals surface area contributed by atoms with Gasteiger partial charge in [-0.2, -0.15) is 5.10 Å². The van der Waals surface area contributed by atoms with Crippen molar-refractivity contribution in [1.29, 1.82) is 0 Å². The number of halogens is 2. The fourth-order valence-electron chi connectivity index (χ4n) is 1.91. The highest BCUT2D eigenvalue weighted by Crippen LogP contribution is 2.32. The third-order valence-electron chi connectivity index (χ3n) is 3.07. The molecule has 3 aromatic rings. The molecule has 0 saturated heterocycles. The van der Waals surface area contributed by atoms with Gasteiger partial charge in [0.25, 0.3) is 0 Å². The molecule has 0 radical (unpaired) electrons. The Hall–Kier alpha value is -1.95. The number of hydrogen-bond acceptors (Lipinski definition) is 5. The average molecular weight is 363 g/mol. The summed E-state index contributed by atoms with van der Waals surface area (Å²) in [4.78, 5) is 8.73. The molecule has 4 nitrogen and oxygen atoms in total. The Kier molecular flexibility index (Phi) is 4.91. The van der Waals surface area contributed by atoms with E-state index in [1.165, 1.54) is 11.3 Å². The van der Waals surface area contributed by atoms with Crippen LogP contribution in [-0.4, -0.2) is 15.7 Å². The maximum atomic E-state index is 6.20. The predicted molar refractivity (Wildman–Crippen MR) is 97.6 cm³/mol. The van der Waals surface area contributed by atoms with Gasteiger partial charge in [0.2, 0.25) is 5.13 Å². The van der Waals surface area contributed by atoms with E-state index < -0.39 is 0 Å². The van der Waals surface area contributed by atoms with Gasteiger partial charge in [-0.05, 0) is 37.3 Å². The number of aromatic nitrogens is 2. The van der Waals surface area contributed by atoms with Crippen molar-refractivity contribution in [1.82, 2.24) is 9.97 Å². The van der Waals surface area contributed by atoms with Crippen LogP contribution in [0.4, 0.5) is 5.13 Å².